The number of ether oxygens (including phenoxy) is 2. The number of amides is 1. The molecule has 0 saturated carbocycles. The van der Waals surface area contributed by atoms with Gasteiger partial charge in [0.2, 0.25) is 5.91 Å². The SMILES string of the molecule is COc1ccccc1NC(=O)COCc1cc(-c2cccs2)on1. The lowest BCUT2D eigenvalue weighted by Crippen LogP contribution is -2.18. The third kappa shape index (κ3) is 4.01. The lowest BCUT2D eigenvalue weighted by atomic mass is 10.3. The van der Waals surface area contributed by atoms with Crippen molar-refractivity contribution in [3.8, 4) is 16.4 Å². The Labute approximate surface area is 143 Å². The zero-order chi connectivity index (χ0) is 16.8. The van der Waals surface area contributed by atoms with E-state index in [0.717, 1.165) is 4.88 Å². The average molecular weight is 344 g/mol. The van der Waals surface area contributed by atoms with Crippen molar-refractivity contribution in [3.05, 3.63) is 53.5 Å². The Balaban J connectivity index is 1.49. The fourth-order valence-electron chi connectivity index (χ4n) is 2.10. The summed E-state index contributed by atoms with van der Waals surface area (Å²) >= 11 is 1.57. The first-order chi connectivity index (χ1) is 11.8. The zero-order valence-electron chi connectivity index (χ0n) is 13.0. The van der Waals surface area contributed by atoms with Crippen molar-refractivity contribution < 1.29 is 18.8 Å². The number of anilines is 1. The molecule has 0 radical (unpaired) electrons. The Kier molecular flexibility index (Phi) is 5.25. The molecule has 6 nitrogen and oxygen atoms in total. The summed E-state index contributed by atoms with van der Waals surface area (Å²) in [5.41, 5.74) is 1.25. The summed E-state index contributed by atoms with van der Waals surface area (Å²) in [6.07, 6.45) is 0. The summed E-state index contributed by atoms with van der Waals surface area (Å²) in [6, 6.07) is 12.9. The molecule has 124 valence electrons. The fraction of sp³-hybridized carbons (Fsp3) is 0.176. The van der Waals surface area contributed by atoms with Gasteiger partial charge in [0.15, 0.2) is 5.76 Å². The topological polar surface area (TPSA) is 73.6 Å². The molecule has 0 atom stereocenters. The molecule has 0 aliphatic rings. The number of para-hydroxylation sites is 2. The van der Waals surface area contributed by atoms with E-state index < -0.39 is 0 Å². The second-order valence-electron chi connectivity index (χ2n) is 4.90. The number of aromatic nitrogens is 1. The maximum absolute atomic E-state index is 11.9. The standard InChI is InChI=1S/C17H16N2O4S/c1-21-14-6-3-2-5-13(14)18-17(20)11-22-10-12-9-15(23-19-12)16-7-4-8-24-16/h2-9H,10-11H2,1H3,(H,18,20). The molecule has 0 aliphatic heterocycles. The van der Waals surface area contributed by atoms with Crippen molar-refractivity contribution in [2.75, 3.05) is 19.0 Å². The average Bonchev–Trinajstić information content (AvgIpc) is 3.26. The largest absolute Gasteiger partial charge is 0.495 e. The van der Waals surface area contributed by atoms with Crippen molar-refractivity contribution >= 4 is 22.9 Å². The van der Waals surface area contributed by atoms with Crippen LogP contribution >= 0.6 is 11.3 Å². The molecule has 7 heteroatoms. The van der Waals surface area contributed by atoms with Crippen LogP contribution in [0.15, 0.2) is 52.4 Å². The van der Waals surface area contributed by atoms with Crippen molar-refractivity contribution in [1.29, 1.82) is 0 Å². The van der Waals surface area contributed by atoms with Crippen LogP contribution in [0.2, 0.25) is 0 Å². The normalized spacial score (nSPS) is 10.5. The van der Waals surface area contributed by atoms with Gasteiger partial charge >= 0.3 is 0 Å². The smallest absolute Gasteiger partial charge is 0.250 e. The van der Waals surface area contributed by atoms with E-state index in [0.29, 0.717) is 22.9 Å². The van der Waals surface area contributed by atoms with Gasteiger partial charge in [-0.1, -0.05) is 23.4 Å². The molecule has 1 amide bonds. The van der Waals surface area contributed by atoms with E-state index in [1.165, 1.54) is 0 Å². The molecule has 0 saturated heterocycles. The lowest BCUT2D eigenvalue weighted by molar-refractivity contribution is -0.121. The van der Waals surface area contributed by atoms with Crippen molar-refractivity contribution in [3.63, 3.8) is 0 Å². The quantitative estimate of drug-likeness (QED) is 0.709. The number of benzene rings is 1. The molecule has 2 heterocycles. The number of thiophene rings is 1. The van der Waals surface area contributed by atoms with Crippen LogP contribution in [0.5, 0.6) is 5.75 Å². The highest BCUT2D eigenvalue weighted by Crippen LogP contribution is 2.25. The molecular formula is C17H16N2O4S. The number of nitrogens with one attached hydrogen (secondary N) is 1. The molecule has 0 bridgehead atoms. The van der Waals surface area contributed by atoms with Crippen LogP contribution in [0.4, 0.5) is 5.69 Å². The van der Waals surface area contributed by atoms with Crippen molar-refractivity contribution in [2.24, 2.45) is 0 Å². The first kappa shape index (κ1) is 16.2. The van der Waals surface area contributed by atoms with E-state index in [9.17, 15) is 4.79 Å². The summed E-state index contributed by atoms with van der Waals surface area (Å²) in [4.78, 5) is 12.9. The molecular weight excluding hydrogens is 328 g/mol. The van der Waals surface area contributed by atoms with E-state index >= 15 is 0 Å². The van der Waals surface area contributed by atoms with Gasteiger partial charge in [-0.05, 0) is 23.6 Å². The van der Waals surface area contributed by atoms with Gasteiger partial charge in [0.25, 0.3) is 0 Å². The Morgan fingerprint density at radius 2 is 2.17 bits per heavy atom. The molecule has 0 aliphatic carbocycles. The van der Waals surface area contributed by atoms with Crippen molar-refractivity contribution in [1.82, 2.24) is 5.16 Å². The molecule has 1 aromatic carbocycles. The number of carbonyl (C=O) groups is 1. The second-order valence-corrected chi connectivity index (χ2v) is 5.85. The van der Waals surface area contributed by atoms with Gasteiger partial charge in [0.1, 0.15) is 18.1 Å². The van der Waals surface area contributed by atoms with Crippen LogP contribution in [0.3, 0.4) is 0 Å². The van der Waals surface area contributed by atoms with Gasteiger partial charge in [-0.3, -0.25) is 4.79 Å². The molecule has 3 aromatic rings. The first-order valence-corrected chi connectivity index (χ1v) is 8.14. The molecule has 0 spiro atoms. The van der Waals surface area contributed by atoms with E-state index in [1.54, 1.807) is 30.6 Å². The van der Waals surface area contributed by atoms with Gasteiger partial charge in [-0.2, -0.15) is 0 Å². The highest BCUT2D eigenvalue weighted by atomic mass is 32.1. The van der Waals surface area contributed by atoms with E-state index in [4.69, 9.17) is 14.0 Å². The van der Waals surface area contributed by atoms with E-state index in [2.05, 4.69) is 10.5 Å². The third-order valence-corrected chi connectivity index (χ3v) is 4.07. The van der Waals surface area contributed by atoms with Gasteiger partial charge in [-0.15, -0.1) is 11.3 Å². The summed E-state index contributed by atoms with van der Waals surface area (Å²) in [5.74, 6) is 1.03. The van der Waals surface area contributed by atoms with Gasteiger partial charge in [0.05, 0.1) is 24.3 Å². The van der Waals surface area contributed by atoms with Gasteiger partial charge in [-0.25, -0.2) is 0 Å². The number of rotatable bonds is 7. The molecule has 3 rings (SSSR count). The monoisotopic (exact) mass is 344 g/mol. The Hall–Kier alpha value is -2.64. The van der Waals surface area contributed by atoms with Crippen LogP contribution in [-0.2, 0) is 16.1 Å². The number of hydrogen-bond acceptors (Lipinski definition) is 6. The Morgan fingerprint density at radius 3 is 2.96 bits per heavy atom. The Bertz CT molecular complexity index is 799. The maximum Gasteiger partial charge on any atom is 0.250 e. The third-order valence-electron chi connectivity index (χ3n) is 3.19. The van der Waals surface area contributed by atoms with Crippen LogP contribution < -0.4 is 10.1 Å². The predicted octanol–water partition coefficient (Wildman–Crippen LogP) is 3.57. The number of methoxy groups -OCH3 is 1. The summed E-state index contributed by atoms with van der Waals surface area (Å²) < 4.78 is 15.8. The lowest BCUT2D eigenvalue weighted by Gasteiger charge is -2.09. The molecule has 0 unspecified atom stereocenters. The second kappa shape index (κ2) is 7.76. The minimum Gasteiger partial charge on any atom is -0.495 e. The summed E-state index contributed by atoms with van der Waals surface area (Å²) in [7, 11) is 1.55. The maximum atomic E-state index is 11.9. The number of carbonyl (C=O) groups excluding carboxylic acids is 1. The molecule has 24 heavy (non-hydrogen) atoms. The zero-order valence-corrected chi connectivity index (χ0v) is 13.8. The summed E-state index contributed by atoms with van der Waals surface area (Å²) in [6.45, 7) is 0.119. The number of nitrogens with zero attached hydrogens (tertiary/aromatic N) is 1. The minimum atomic E-state index is -0.263. The van der Waals surface area contributed by atoms with Gasteiger partial charge in [0, 0.05) is 6.07 Å². The predicted molar refractivity (Wildman–Crippen MR) is 91.1 cm³/mol. The first-order valence-electron chi connectivity index (χ1n) is 7.26. The fourth-order valence-corrected chi connectivity index (χ4v) is 2.77. The summed E-state index contributed by atoms with van der Waals surface area (Å²) in [5, 5.41) is 8.65. The minimum absolute atomic E-state index is 0.0841. The van der Waals surface area contributed by atoms with Crippen LogP contribution in [-0.4, -0.2) is 24.8 Å². The highest BCUT2D eigenvalue weighted by Gasteiger charge is 2.10. The highest BCUT2D eigenvalue weighted by molar-refractivity contribution is 7.13. The molecule has 0 fully saturated rings. The van der Waals surface area contributed by atoms with Crippen LogP contribution in [0, 0.1) is 0 Å². The number of hydrogen-bond donors (Lipinski definition) is 1. The van der Waals surface area contributed by atoms with Gasteiger partial charge < -0.3 is 19.3 Å². The van der Waals surface area contributed by atoms with E-state index in [1.807, 2.05) is 35.7 Å². The van der Waals surface area contributed by atoms with E-state index in [-0.39, 0.29) is 19.1 Å². The van der Waals surface area contributed by atoms with Crippen LogP contribution in [0.1, 0.15) is 5.69 Å². The van der Waals surface area contributed by atoms with Crippen LogP contribution in [0.25, 0.3) is 10.6 Å². The Morgan fingerprint density at radius 1 is 1.29 bits per heavy atom. The molecule has 2 aromatic heterocycles. The van der Waals surface area contributed by atoms with Crippen molar-refractivity contribution in [2.45, 2.75) is 6.61 Å². The molecule has 1 N–H and O–H groups in total.